The van der Waals surface area contributed by atoms with Crippen molar-refractivity contribution in [2.45, 2.75) is 25.9 Å². The van der Waals surface area contributed by atoms with Crippen LogP contribution in [0.25, 0.3) is 0 Å². The van der Waals surface area contributed by atoms with Crippen molar-refractivity contribution in [3.05, 3.63) is 76.0 Å². The summed E-state index contributed by atoms with van der Waals surface area (Å²) in [7, 11) is 2.95. The number of fused-ring (bicyclic) bond motifs is 2. The molecule has 0 fully saturated rings. The van der Waals surface area contributed by atoms with E-state index < -0.39 is 12.0 Å². The second kappa shape index (κ2) is 9.98. The SMILES string of the molecule is COC(=O)C1=C(C)N=C2SC=C(CC(=O)NCc3ccc4c(c3)OCO4)N2[C@H]1c1ccc(OC)cc1. The number of benzene rings is 2. The third-order valence-electron chi connectivity index (χ3n) is 6.11. The summed E-state index contributed by atoms with van der Waals surface area (Å²) in [5, 5.41) is 5.58. The summed E-state index contributed by atoms with van der Waals surface area (Å²) >= 11 is 1.43. The molecule has 0 saturated heterocycles. The van der Waals surface area contributed by atoms with E-state index in [-0.39, 0.29) is 19.1 Å². The first-order chi connectivity index (χ1) is 17.5. The molecule has 0 aromatic heterocycles. The molecule has 0 bridgehead atoms. The summed E-state index contributed by atoms with van der Waals surface area (Å²) in [4.78, 5) is 32.3. The molecule has 36 heavy (non-hydrogen) atoms. The molecule has 0 radical (unpaired) electrons. The summed E-state index contributed by atoms with van der Waals surface area (Å²) in [5.74, 6) is 1.47. The van der Waals surface area contributed by atoms with Gasteiger partial charge in [-0.25, -0.2) is 9.79 Å². The van der Waals surface area contributed by atoms with Gasteiger partial charge < -0.3 is 29.2 Å². The minimum Gasteiger partial charge on any atom is -0.497 e. The zero-order valence-electron chi connectivity index (χ0n) is 20.1. The van der Waals surface area contributed by atoms with Crippen molar-refractivity contribution in [2.24, 2.45) is 4.99 Å². The number of nitrogens with zero attached hydrogens (tertiary/aromatic N) is 2. The minimum absolute atomic E-state index is 0.122. The van der Waals surface area contributed by atoms with Crippen LogP contribution in [-0.2, 0) is 20.9 Å². The quantitative estimate of drug-likeness (QED) is 0.564. The van der Waals surface area contributed by atoms with Crippen molar-refractivity contribution in [1.29, 1.82) is 0 Å². The molecule has 0 unspecified atom stereocenters. The number of rotatable bonds is 7. The molecule has 3 heterocycles. The molecule has 0 saturated carbocycles. The van der Waals surface area contributed by atoms with E-state index >= 15 is 0 Å². The van der Waals surface area contributed by atoms with E-state index in [0.29, 0.717) is 40.2 Å². The fraction of sp³-hybridized carbons (Fsp3) is 0.269. The Morgan fingerprint density at radius 1 is 1.14 bits per heavy atom. The third-order valence-corrected chi connectivity index (χ3v) is 6.99. The number of methoxy groups -OCH3 is 2. The average molecular weight is 508 g/mol. The Hall–Kier alpha value is -3.92. The number of carbonyl (C=O) groups is 2. The van der Waals surface area contributed by atoms with Crippen LogP contribution < -0.4 is 19.5 Å². The van der Waals surface area contributed by atoms with Gasteiger partial charge in [0.25, 0.3) is 0 Å². The van der Waals surface area contributed by atoms with Crippen LogP contribution in [0, 0.1) is 0 Å². The number of aliphatic imine (C=N–C) groups is 1. The van der Waals surface area contributed by atoms with E-state index in [0.717, 1.165) is 16.8 Å². The highest BCUT2D eigenvalue weighted by atomic mass is 32.2. The van der Waals surface area contributed by atoms with Crippen LogP contribution in [0.15, 0.2) is 69.8 Å². The van der Waals surface area contributed by atoms with E-state index in [4.69, 9.17) is 18.9 Å². The Kier molecular flexibility index (Phi) is 6.60. The average Bonchev–Trinajstić information content (AvgIpc) is 3.52. The number of nitrogens with one attached hydrogen (secondary N) is 1. The van der Waals surface area contributed by atoms with Gasteiger partial charge in [0.1, 0.15) is 5.75 Å². The molecular weight excluding hydrogens is 482 g/mol. The highest BCUT2D eigenvalue weighted by molar-refractivity contribution is 8.16. The summed E-state index contributed by atoms with van der Waals surface area (Å²) in [6.07, 6.45) is 0.122. The predicted molar refractivity (Wildman–Crippen MR) is 134 cm³/mol. The number of ether oxygens (including phenoxy) is 4. The summed E-state index contributed by atoms with van der Waals surface area (Å²) in [6.45, 7) is 2.35. The maximum absolute atomic E-state index is 12.9. The second-order valence-corrected chi connectivity index (χ2v) is 9.14. The smallest absolute Gasteiger partial charge is 0.338 e. The first-order valence-corrected chi connectivity index (χ1v) is 12.2. The maximum Gasteiger partial charge on any atom is 0.338 e. The molecule has 186 valence electrons. The summed E-state index contributed by atoms with van der Waals surface area (Å²) in [5.41, 5.74) is 3.53. The van der Waals surface area contributed by atoms with Crippen molar-refractivity contribution < 1.29 is 28.5 Å². The Morgan fingerprint density at radius 3 is 2.67 bits per heavy atom. The van der Waals surface area contributed by atoms with E-state index in [9.17, 15) is 9.59 Å². The normalized spacial score (nSPS) is 17.9. The molecule has 5 rings (SSSR count). The second-order valence-electron chi connectivity index (χ2n) is 8.30. The molecule has 1 amide bonds. The number of amides is 1. The Bertz CT molecular complexity index is 1300. The maximum atomic E-state index is 12.9. The van der Waals surface area contributed by atoms with Gasteiger partial charge in [-0.15, -0.1) is 0 Å². The third kappa shape index (κ3) is 4.51. The van der Waals surface area contributed by atoms with Gasteiger partial charge >= 0.3 is 5.97 Å². The van der Waals surface area contributed by atoms with Crippen molar-refractivity contribution in [3.8, 4) is 17.2 Å². The fourth-order valence-corrected chi connectivity index (χ4v) is 5.29. The Labute approximate surface area is 212 Å². The lowest BCUT2D eigenvalue weighted by atomic mass is 9.94. The van der Waals surface area contributed by atoms with Crippen LogP contribution in [0.2, 0.25) is 0 Å². The molecule has 1 atom stereocenters. The van der Waals surface area contributed by atoms with Crippen LogP contribution in [0.5, 0.6) is 17.2 Å². The molecule has 9 nitrogen and oxygen atoms in total. The molecule has 3 aliphatic rings. The lowest BCUT2D eigenvalue weighted by molar-refractivity contribution is -0.136. The van der Waals surface area contributed by atoms with Crippen molar-refractivity contribution in [3.63, 3.8) is 0 Å². The molecule has 2 aromatic rings. The van der Waals surface area contributed by atoms with Gasteiger partial charge in [0.05, 0.1) is 38.0 Å². The highest BCUT2D eigenvalue weighted by Crippen LogP contribution is 2.45. The van der Waals surface area contributed by atoms with Crippen LogP contribution >= 0.6 is 11.8 Å². The first kappa shape index (κ1) is 23.8. The van der Waals surface area contributed by atoms with Crippen molar-refractivity contribution in [1.82, 2.24) is 10.2 Å². The Morgan fingerprint density at radius 2 is 1.92 bits per heavy atom. The minimum atomic E-state index is -0.487. The topological polar surface area (TPSA) is 98.7 Å². The van der Waals surface area contributed by atoms with Gasteiger partial charge in [-0.05, 0) is 47.7 Å². The first-order valence-electron chi connectivity index (χ1n) is 11.3. The lowest BCUT2D eigenvalue weighted by Gasteiger charge is -2.36. The monoisotopic (exact) mass is 507 g/mol. The number of thioether (sulfide) groups is 1. The van der Waals surface area contributed by atoms with E-state index in [2.05, 4.69) is 10.3 Å². The zero-order valence-corrected chi connectivity index (χ0v) is 20.9. The number of carbonyl (C=O) groups excluding carboxylic acids is 2. The molecule has 3 aliphatic heterocycles. The van der Waals surface area contributed by atoms with Crippen LogP contribution in [0.3, 0.4) is 0 Å². The van der Waals surface area contributed by atoms with Crippen molar-refractivity contribution in [2.75, 3.05) is 21.0 Å². The number of amidine groups is 1. The van der Waals surface area contributed by atoms with Gasteiger partial charge in [0.15, 0.2) is 16.7 Å². The van der Waals surface area contributed by atoms with Gasteiger partial charge in [-0.3, -0.25) is 4.79 Å². The molecule has 2 aromatic carbocycles. The Balaban J connectivity index is 1.36. The molecule has 1 N–H and O–H groups in total. The number of esters is 1. The van der Waals surface area contributed by atoms with Crippen LogP contribution in [-0.4, -0.2) is 43.0 Å². The standard InChI is InChI=1S/C26H25N3O6S/c1-15-23(25(31)33-3)24(17-5-7-19(32-2)8-6-17)29-18(13-36-26(29)28-15)11-22(30)27-12-16-4-9-20-21(10-16)35-14-34-20/h4-10,13,24H,11-12,14H2,1-3H3,(H,27,30)/t24-/m0/s1. The van der Waals surface area contributed by atoms with Crippen LogP contribution in [0.4, 0.5) is 0 Å². The molecule has 0 spiro atoms. The van der Waals surface area contributed by atoms with Gasteiger partial charge in [-0.2, -0.15) is 0 Å². The molecule has 10 heteroatoms. The van der Waals surface area contributed by atoms with E-state index in [1.807, 2.05) is 52.8 Å². The summed E-state index contributed by atoms with van der Waals surface area (Å²) < 4.78 is 21.1. The van der Waals surface area contributed by atoms with Gasteiger partial charge in [0.2, 0.25) is 12.7 Å². The number of allylic oxidation sites excluding steroid dienone is 1. The van der Waals surface area contributed by atoms with Gasteiger partial charge in [0, 0.05) is 12.2 Å². The predicted octanol–water partition coefficient (Wildman–Crippen LogP) is 3.88. The van der Waals surface area contributed by atoms with E-state index in [1.54, 1.807) is 14.0 Å². The molecule has 0 aliphatic carbocycles. The lowest BCUT2D eigenvalue weighted by Crippen LogP contribution is -2.37. The fourth-order valence-electron chi connectivity index (χ4n) is 4.32. The highest BCUT2D eigenvalue weighted by Gasteiger charge is 2.41. The summed E-state index contributed by atoms with van der Waals surface area (Å²) in [6, 6.07) is 12.6. The van der Waals surface area contributed by atoms with E-state index in [1.165, 1.54) is 18.9 Å². The number of hydrogen-bond donors (Lipinski definition) is 1. The number of hydrogen-bond acceptors (Lipinski definition) is 9. The van der Waals surface area contributed by atoms with Crippen LogP contribution in [0.1, 0.15) is 30.5 Å². The van der Waals surface area contributed by atoms with Crippen molar-refractivity contribution >= 4 is 28.8 Å². The zero-order chi connectivity index (χ0) is 25.2. The molecular formula is C26H25N3O6S. The van der Waals surface area contributed by atoms with Gasteiger partial charge in [-0.1, -0.05) is 30.0 Å². The largest absolute Gasteiger partial charge is 0.497 e.